The van der Waals surface area contributed by atoms with E-state index in [2.05, 4.69) is 18.7 Å². The van der Waals surface area contributed by atoms with Crippen LogP contribution in [0.5, 0.6) is 0 Å². The molecule has 1 aromatic rings. The van der Waals surface area contributed by atoms with Gasteiger partial charge in [-0.1, -0.05) is 17.7 Å². The van der Waals surface area contributed by atoms with E-state index >= 15 is 0 Å². The SMILES string of the molecule is C[C@@H]1CN(c2ccc(CO)c(Cl)c2)C[C@H](C)O1. The fraction of sp³-hybridized carbons (Fsp3) is 0.538. The monoisotopic (exact) mass is 255 g/mol. The second kappa shape index (κ2) is 5.25. The normalized spacial score (nSPS) is 25.1. The van der Waals surface area contributed by atoms with Gasteiger partial charge in [-0.05, 0) is 31.5 Å². The topological polar surface area (TPSA) is 32.7 Å². The molecule has 0 saturated carbocycles. The van der Waals surface area contributed by atoms with Crippen LogP contribution in [0.1, 0.15) is 19.4 Å². The van der Waals surface area contributed by atoms with E-state index in [1.165, 1.54) is 0 Å². The highest BCUT2D eigenvalue weighted by molar-refractivity contribution is 6.31. The predicted octanol–water partition coefficient (Wildman–Crippen LogP) is 2.45. The lowest BCUT2D eigenvalue weighted by molar-refractivity contribution is -0.00521. The van der Waals surface area contributed by atoms with Crippen molar-refractivity contribution in [3.63, 3.8) is 0 Å². The Hall–Kier alpha value is -0.770. The van der Waals surface area contributed by atoms with Crippen molar-refractivity contribution >= 4 is 17.3 Å². The smallest absolute Gasteiger partial charge is 0.0726 e. The molecule has 1 N–H and O–H groups in total. The zero-order valence-corrected chi connectivity index (χ0v) is 10.9. The maximum absolute atomic E-state index is 9.09. The summed E-state index contributed by atoms with van der Waals surface area (Å²) in [6.45, 7) is 5.88. The molecule has 0 aliphatic carbocycles. The third kappa shape index (κ3) is 2.92. The molecule has 1 aliphatic heterocycles. The van der Waals surface area contributed by atoms with Crippen molar-refractivity contribution in [2.75, 3.05) is 18.0 Å². The third-order valence-electron chi connectivity index (χ3n) is 2.99. The average Bonchev–Trinajstić information content (AvgIpc) is 2.27. The fourth-order valence-electron chi connectivity index (χ4n) is 2.25. The van der Waals surface area contributed by atoms with Crippen LogP contribution in [0, 0.1) is 0 Å². The van der Waals surface area contributed by atoms with Crippen LogP contribution < -0.4 is 4.90 Å². The van der Waals surface area contributed by atoms with Gasteiger partial charge in [-0.15, -0.1) is 0 Å². The number of ether oxygens (including phenoxy) is 1. The standard InChI is InChI=1S/C13H18ClNO2/c1-9-6-15(7-10(2)17-9)12-4-3-11(8-16)13(14)5-12/h3-5,9-10,16H,6-8H2,1-2H3/t9-,10+. The van der Waals surface area contributed by atoms with E-state index in [4.69, 9.17) is 21.4 Å². The number of aliphatic hydroxyl groups excluding tert-OH is 1. The van der Waals surface area contributed by atoms with E-state index in [1.807, 2.05) is 18.2 Å². The lowest BCUT2D eigenvalue weighted by Crippen LogP contribution is -2.45. The number of halogens is 1. The van der Waals surface area contributed by atoms with E-state index in [0.717, 1.165) is 24.3 Å². The van der Waals surface area contributed by atoms with Crippen LogP contribution >= 0.6 is 11.6 Å². The lowest BCUT2D eigenvalue weighted by Gasteiger charge is -2.37. The van der Waals surface area contributed by atoms with Gasteiger partial charge in [-0.2, -0.15) is 0 Å². The van der Waals surface area contributed by atoms with E-state index < -0.39 is 0 Å². The number of nitrogens with zero attached hydrogens (tertiary/aromatic N) is 1. The summed E-state index contributed by atoms with van der Waals surface area (Å²) in [5.74, 6) is 0. The Morgan fingerprint density at radius 1 is 1.35 bits per heavy atom. The Labute approximate surface area is 107 Å². The van der Waals surface area contributed by atoms with Gasteiger partial charge in [0.1, 0.15) is 0 Å². The van der Waals surface area contributed by atoms with Gasteiger partial charge in [0.2, 0.25) is 0 Å². The maximum atomic E-state index is 9.09. The second-order valence-electron chi connectivity index (χ2n) is 4.60. The zero-order chi connectivity index (χ0) is 12.4. The fourth-order valence-corrected chi connectivity index (χ4v) is 2.48. The minimum absolute atomic E-state index is 0.0188. The summed E-state index contributed by atoms with van der Waals surface area (Å²) in [7, 11) is 0. The molecule has 3 nitrogen and oxygen atoms in total. The van der Waals surface area contributed by atoms with Gasteiger partial charge < -0.3 is 14.7 Å². The third-order valence-corrected chi connectivity index (χ3v) is 3.34. The maximum Gasteiger partial charge on any atom is 0.0726 e. The highest BCUT2D eigenvalue weighted by Gasteiger charge is 2.22. The predicted molar refractivity (Wildman–Crippen MR) is 69.6 cm³/mol. The summed E-state index contributed by atoms with van der Waals surface area (Å²) in [6, 6.07) is 5.79. The summed E-state index contributed by atoms with van der Waals surface area (Å²) in [5.41, 5.74) is 1.86. The van der Waals surface area contributed by atoms with Crippen LogP contribution in [0.2, 0.25) is 5.02 Å². The number of aliphatic hydroxyl groups is 1. The highest BCUT2D eigenvalue weighted by Crippen LogP contribution is 2.26. The first-order valence-corrected chi connectivity index (χ1v) is 6.27. The van der Waals surface area contributed by atoms with Crippen molar-refractivity contribution in [2.24, 2.45) is 0 Å². The molecule has 94 valence electrons. The molecule has 0 unspecified atom stereocenters. The Morgan fingerprint density at radius 2 is 2.00 bits per heavy atom. The molecular weight excluding hydrogens is 238 g/mol. The van der Waals surface area contributed by atoms with E-state index in [9.17, 15) is 0 Å². The van der Waals surface area contributed by atoms with E-state index in [-0.39, 0.29) is 18.8 Å². The molecule has 4 heteroatoms. The van der Waals surface area contributed by atoms with Crippen molar-refractivity contribution < 1.29 is 9.84 Å². The molecule has 1 saturated heterocycles. The largest absolute Gasteiger partial charge is 0.392 e. The molecule has 0 bridgehead atoms. The first-order valence-electron chi connectivity index (χ1n) is 5.90. The molecular formula is C13H18ClNO2. The summed E-state index contributed by atoms with van der Waals surface area (Å²) >= 11 is 6.10. The number of hydrogen-bond acceptors (Lipinski definition) is 3. The van der Waals surface area contributed by atoms with Gasteiger partial charge in [0.25, 0.3) is 0 Å². The first-order chi connectivity index (χ1) is 8.10. The van der Waals surface area contributed by atoms with Crippen molar-refractivity contribution in [3.05, 3.63) is 28.8 Å². The summed E-state index contributed by atoms with van der Waals surface area (Å²) < 4.78 is 5.70. The minimum atomic E-state index is -0.0188. The molecule has 2 atom stereocenters. The van der Waals surface area contributed by atoms with Crippen LogP contribution in [0.15, 0.2) is 18.2 Å². The minimum Gasteiger partial charge on any atom is -0.392 e. The Balaban J connectivity index is 2.19. The molecule has 0 amide bonds. The van der Waals surface area contributed by atoms with E-state index in [0.29, 0.717) is 5.02 Å². The number of anilines is 1. The van der Waals surface area contributed by atoms with Crippen LogP contribution in [0.3, 0.4) is 0 Å². The van der Waals surface area contributed by atoms with Gasteiger partial charge in [0.15, 0.2) is 0 Å². The molecule has 0 radical (unpaired) electrons. The molecule has 2 rings (SSSR count). The molecule has 1 heterocycles. The lowest BCUT2D eigenvalue weighted by atomic mass is 10.1. The Bertz CT molecular complexity index is 387. The second-order valence-corrected chi connectivity index (χ2v) is 5.00. The van der Waals surface area contributed by atoms with Crippen molar-refractivity contribution in [3.8, 4) is 0 Å². The summed E-state index contributed by atoms with van der Waals surface area (Å²) in [6.07, 6.45) is 0.463. The van der Waals surface area contributed by atoms with Gasteiger partial charge in [-0.25, -0.2) is 0 Å². The van der Waals surface area contributed by atoms with Crippen molar-refractivity contribution in [1.82, 2.24) is 0 Å². The van der Waals surface area contributed by atoms with Crippen LogP contribution in [-0.2, 0) is 11.3 Å². The summed E-state index contributed by atoms with van der Waals surface area (Å²) in [4.78, 5) is 2.27. The molecule has 1 fully saturated rings. The van der Waals surface area contributed by atoms with Gasteiger partial charge in [0, 0.05) is 23.8 Å². The van der Waals surface area contributed by atoms with Crippen LogP contribution in [0.25, 0.3) is 0 Å². The Kier molecular flexibility index (Phi) is 3.92. The van der Waals surface area contributed by atoms with Crippen LogP contribution in [-0.4, -0.2) is 30.4 Å². The summed E-state index contributed by atoms with van der Waals surface area (Å²) in [5, 5.41) is 9.71. The van der Waals surface area contributed by atoms with Crippen LogP contribution in [0.4, 0.5) is 5.69 Å². The van der Waals surface area contributed by atoms with Crippen molar-refractivity contribution in [2.45, 2.75) is 32.7 Å². The number of morpholine rings is 1. The molecule has 1 aliphatic rings. The number of benzene rings is 1. The van der Waals surface area contributed by atoms with Gasteiger partial charge in [0.05, 0.1) is 18.8 Å². The molecule has 0 spiro atoms. The quantitative estimate of drug-likeness (QED) is 0.881. The molecule has 1 aromatic carbocycles. The number of hydrogen-bond donors (Lipinski definition) is 1. The van der Waals surface area contributed by atoms with Gasteiger partial charge in [-0.3, -0.25) is 0 Å². The average molecular weight is 256 g/mol. The first kappa shape index (κ1) is 12.7. The molecule has 17 heavy (non-hydrogen) atoms. The zero-order valence-electron chi connectivity index (χ0n) is 10.2. The van der Waals surface area contributed by atoms with Crippen molar-refractivity contribution in [1.29, 1.82) is 0 Å². The highest BCUT2D eigenvalue weighted by atomic mass is 35.5. The Morgan fingerprint density at radius 3 is 2.53 bits per heavy atom. The molecule has 0 aromatic heterocycles. The van der Waals surface area contributed by atoms with E-state index in [1.54, 1.807) is 0 Å². The number of rotatable bonds is 2. The van der Waals surface area contributed by atoms with Gasteiger partial charge >= 0.3 is 0 Å².